The molecule has 0 saturated heterocycles. The van der Waals surface area contributed by atoms with Crippen molar-refractivity contribution >= 4 is 62.3 Å². The van der Waals surface area contributed by atoms with E-state index < -0.39 is 11.8 Å². The van der Waals surface area contributed by atoms with Gasteiger partial charge in [0.05, 0.1) is 10.7 Å². The van der Waals surface area contributed by atoms with Gasteiger partial charge in [-0.3, -0.25) is 14.4 Å². The van der Waals surface area contributed by atoms with Crippen molar-refractivity contribution in [3.05, 3.63) is 75.6 Å². The van der Waals surface area contributed by atoms with E-state index in [9.17, 15) is 14.4 Å². The topological polar surface area (TPSA) is 100 Å². The number of hydrogen-bond donors (Lipinski definition) is 3. The fraction of sp³-hybridized carbons (Fsp3) is 0.0500. The first-order valence-corrected chi connectivity index (χ1v) is 9.54. The van der Waals surface area contributed by atoms with Crippen LogP contribution in [0, 0.1) is 0 Å². The van der Waals surface area contributed by atoms with Crippen molar-refractivity contribution in [2.45, 2.75) is 6.92 Å². The Morgan fingerprint density at radius 2 is 1.66 bits per heavy atom. The van der Waals surface area contributed by atoms with Gasteiger partial charge in [-0.05, 0) is 64.5 Å². The van der Waals surface area contributed by atoms with Crippen LogP contribution in [0.3, 0.4) is 0 Å². The Morgan fingerprint density at radius 3 is 2.31 bits per heavy atom. The molecule has 3 rings (SSSR count). The smallest absolute Gasteiger partial charge is 0.291 e. The van der Waals surface area contributed by atoms with Gasteiger partial charge in [0.25, 0.3) is 11.8 Å². The van der Waals surface area contributed by atoms with Crippen molar-refractivity contribution in [3.8, 4) is 0 Å². The van der Waals surface area contributed by atoms with Gasteiger partial charge in [-0.25, -0.2) is 0 Å². The number of amides is 3. The van der Waals surface area contributed by atoms with Crippen LogP contribution < -0.4 is 16.0 Å². The van der Waals surface area contributed by atoms with Gasteiger partial charge >= 0.3 is 0 Å². The largest absolute Gasteiger partial charge is 0.444 e. The van der Waals surface area contributed by atoms with Gasteiger partial charge in [0, 0.05) is 23.9 Å². The van der Waals surface area contributed by atoms with Gasteiger partial charge in [0.2, 0.25) is 5.91 Å². The fourth-order valence-corrected chi connectivity index (χ4v) is 2.99. The Bertz CT molecular complexity index is 1100. The third kappa shape index (κ3) is 5.46. The molecule has 0 aliphatic rings. The average Bonchev–Trinajstić information content (AvgIpc) is 3.10. The SMILES string of the molecule is CC(=O)Nc1ccc(NC(=O)c2cccc(NC(=O)c3ccc(Br)o3)c2)c(Cl)c1. The zero-order valence-electron chi connectivity index (χ0n) is 15.1. The highest BCUT2D eigenvalue weighted by atomic mass is 79.9. The van der Waals surface area contributed by atoms with E-state index in [1.54, 1.807) is 36.4 Å². The summed E-state index contributed by atoms with van der Waals surface area (Å²) in [5.74, 6) is -0.933. The molecular formula is C20H15BrClN3O4. The standard InChI is InChI=1S/C20H15BrClN3O4/c1-11(26)23-14-5-6-16(15(22)10-14)25-19(27)12-3-2-4-13(9-12)24-20(28)17-7-8-18(21)29-17/h2-10H,1H3,(H,23,26)(H,24,28)(H,25,27). The molecule has 3 aromatic rings. The molecule has 29 heavy (non-hydrogen) atoms. The van der Waals surface area contributed by atoms with Crippen molar-refractivity contribution in [3.63, 3.8) is 0 Å². The number of benzene rings is 2. The summed E-state index contributed by atoms with van der Waals surface area (Å²) in [6.07, 6.45) is 0. The van der Waals surface area contributed by atoms with Gasteiger partial charge in [0.1, 0.15) is 0 Å². The molecule has 9 heteroatoms. The zero-order valence-corrected chi connectivity index (χ0v) is 17.4. The molecule has 3 amide bonds. The van der Waals surface area contributed by atoms with Crippen LogP contribution in [0.1, 0.15) is 27.8 Å². The summed E-state index contributed by atoms with van der Waals surface area (Å²) in [4.78, 5) is 35.9. The van der Waals surface area contributed by atoms with Crippen LogP contribution in [-0.4, -0.2) is 17.7 Å². The molecule has 1 heterocycles. The molecule has 148 valence electrons. The summed E-state index contributed by atoms with van der Waals surface area (Å²) in [6, 6.07) is 14.3. The second kappa shape index (κ2) is 8.93. The summed E-state index contributed by atoms with van der Waals surface area (Å²) in [5.41, 5.74) is 1.67. The summed E-state index contributed by atoms with van der Waals surface area (Å²) < 4.78 is 5.65. The number of halogens is 2. The van der Waals surface area contributed by atoms with Crippen LogP contribution in [0.4, 0.5) is 17.1 Å². The first-order valence-electron chi connectivity index (χ1n) is 8.37. The predicted molar refractivity (Wildman–Crippen MR) is 115 cm³/mol. The Balaban J connectivity index is 1.71. The van der Waals surface area contributed by atoms with E-state index in [2.05, 4.69) is 31.9 Å². The summed E-state index contributed by atoms with van der Waals surface area (Å²) >= 11 is 9.32. The maximum Gasteiger partial charge on any atom is 0.291 e. The zero-order chi connectivity index (χ0) is 21.0. The molecule has 0 unspecified atom stereocenters. The predicted octanol–water partition coefficient (Wildman–Crippen LogP) is 5.16. The van der Waals surface area contributed by atoms with Crippen LogP contribution in [0.2, 0.25) is 5.02 Å². The lowest BCUT2D eigenvalue weighted by molar-refractivity contribution is -0.114. The molecule has 2 aromatic carbocycles. The van der Waals surface area contributed by atoms with E-state index in [4.69, 9.17) is 16.0 Å². The van der Waals surface area contributed by atoms with Crippen LogP contribution in [0.25, 0.3) is 0 Å². The first kappa shape index (κ1) is 20.6. The van der Waals surface area contributed by atoms with Crippen molar-refractivity contribution in [1.29, 1.82) is 0 Å². The van der Waals surface area contributed by atoms with E-state index >= 15 is 0 Å². The number of hydrogen-bond acceptors (Lipinski definition) is 4. The molecule has 0 atom stereocenters. The number of furan rings is 1. The molecule has 1 aromatic heterocycles. The highest BCUT2D eigenvalue weighted by Gasteiger charge is 2.13. The lowest BCUT2D eigenvalue weighted by Gasteiger charge is -2.10. The van der Waals surface area contributed by atoms with E-state index in [1.807, 2.05) is 0 Å². The van der Waals surface area contributed by atoms with Crippen molar-refractivity contribution in [2.24, 2.45) is 0 Å². The molecule has 0 bridgehead atoms. The van der Waals surface area contributed by atoms with Gasteiger partial charge < -0.3 is 20.4 Å². The molecule has 0 aliphatic heterocycles. The molecule has 0 radical (unpaired) electrons. The quantitative estimate of drug-likeness (QED) is 0.473. The molecule has 7 nitrogen and oxygen atoms in total. The van der Waals surface area contributed by atoms with E-state index in [1.165, 1.54) is 25.1 Å². The van der Waals surface area contributed by atoms with Gasteiger partial charge in [-0.1, -0.05) is 17.7 Å². The molecule has 0 fully saturated rings. The third-order valence-electron chi connectivity index (χ3n) is 3.72. The van der Waals surface area contributed by atoms with E-state index in [0.29, 0.717) is 27.3 Å². The number of rotatable bonds is 5. The molecule has 0 spiro atoms. The number of carbonyl (C=O) groups excluding carboxylic acids is 3. The lowest BCUT2D eigenvalue weighted by Crippen LogP contribution is -2.14. The Kier molecular flexibility index (Phi) is 6.36. The minimum atomic E-state index is -0.440. The second-order valence-corrected chi connectivity index (χ2v) is 7.16. The minimum absolute atomic E-state index is 0.137. The normalized spacial score (nSPS) is 10.3. The second-order valence-electron chi connectivity index (χ2n) is 5.97. The Labute approximate surface area is 179 Å². The lowest BCUT2D eigenvalue weighted by atomic mass is 10.1. The van der Waals surface area contributed by atoms with Gasteiger partial charge in [-0.2, -0.15) is 0 Å². The monoisotopic (exact) mass is 475 g/mol. The average molecular weight is 477 g/mol. The van der Waals surface area contributed by atoms with Gasteiger partial charge in [-0.15, -0.1) is 0 Å². The van der Waals surface area contributed by atoms with Crippen LogP contribution in [-0.2, 0) is 4.79 Å². The summed E-state index contributed by atoms with van der Waals surface area (Å²) in [5, 5.41) is 8.26. The number of carbonyl (C=O) groups is 3. The van der Waals surface area contributed by atoms with Gasteiger partial charge in [0.15, 0.2) is 10.4 Å². The van der Waals surface area contributed by atoms with E-state index in [-0.39, 0.29) is 16.7 Å². The van der Waals surface area contributed by atoms with E-state index in [0.717, 1.165) is 0 Å². The van der Waals surface area contributed by atoms with Crippen molar-refractivity contribution in [2.75, 3.05) is 16.0 Å². The molecule has 3 N–H and O–H groups in total. The minimum Gasteiger partial charge on any atom is -0.444 e. The fourth-order valence-electron chi connectivity index (χ4n) is 2.46. The van der Waals surface area contributed by atoms with Crippen molar-refractivity contribution in [1.82, 2.24) is 0 Å². The Morgan fingerprint density at radius 1 is 0.897 bits per heavy atom. The maximum absolute atomic E-state index is 12.6. The van der Waals surface area contributed by atoms with Crippen LogP contribution in [0.15, 0.2) is 63.7 Å². The number of nitrogens with one attached hydrogen (secondary N) is 3. The first-order chi connectivity index (χ1) is 13.8. The maximum atomic E-state index is 12.6. The van der Waals surface area contributed by atoms with Crippen LogP contribution in [0.5, 0.6) is 0 Å². The van der Waals surface area contributed by atoms with Crippen LogP contribution >= 0.6 is 27.5 Å². The summed E-state index contributed by atoms with van der Waals surface area (Å²) in [6.45, 7) is 1.39. The highest BCUT2D eigenvalue weighted by Crippen LogP contribution is 2.26. The third-order valence-corrected chi connectivity index (χ3v) is 4.46. The molecular weight excluding hydrogens is 462 g/mol. The highest BCUT2D eigenvalue weighted by molar-refractivity contribution is 9.10. The summed E-state index contributed by atoms with van der Waals surface area (Å²) in [7, 11) is 0. The molecule has 0 aliphatic carbocycles. The molecule has 0 saturated carbocycles. The van der Waals surface area contributed by atoms with Crippen molar-refractivity contribution < 1.29 is 18.8 Å². The number of anilines is 3. The Hall–Kier alpha value is -3.10.